The lowest BCUT2D eigenvalue weighted by molar-refractivity contribution is 0.0600. The third-order valence-corrected chi connectivity index (χ3v) is 5.43. The van der Waals surface area contributed by atoms with E-state index in [2.05, 4.69) is 19.9 Å². The molecule has 0 N–H and O–H groups in total. The fraction of sp³-hybridized carbons (Fsp3) is 0.318. The first-order valence-corrected chi connectivity index (χ1v) is 10.2. The summed E-state index contributed by atoms with van der Waals surface area (Å²) in [4.78, 5) is 20.8. The summed E-state index contributed by atoms with van der Waals surface area (Å²) in [6.45, 7) is 5.27. The van der Waals surface area contributed by atoms with Crippen molar-refractivity contribution in [3.8, 4) is 11.4 Å². The summed E-state index contributed by atoms with van der Waals surface area (Å²) in [5.41, 5.74) is 2.64. The topological polar surface area (TPSA) is 71.7 Å². The van der Waals surface area contributed by atoms with Gasteiger partial charge in [0.1, 0.15) is 0 Å². The lowest BCUT2D eigenvalue weighted by Crippen LogP contribution is -2.45. The van der Waals surface area contributed by atoms with Gasteiger partial charge in [0.05, 0.1) is 19.2 Å². The van der Waals surface area contributed by atoms with Crippen molar-refractivity contribution in [1.29, 1.82) is 0 Å². The van der Waals surface area contributed by atoms with Crippen molar-refractivity contribution in [3.05, 3.63) is 70.6 Å². The van der Waals surface area contributed by atoms with E-state index in [1.807, 2.05) is 48.5 Å². The number of hydrogen-bond acceptors (Lipinski definition) is 7. The molecule has 1 aliphatic heterocycles. The van der Waals surface area contributed by atoms with Crippen molar-refractivity contribution in [2.24, 2.45) is 0 Å². The average molecular weight is 427 g/mol. The second-order valence-corrected chi connectivity index (χ2v) is 7.70. The minimum Gasteiger partial charge on any atom is -0.465 e. The van der Waals surface area contributed by atoms with Gasteiger partial charge in [-0.3, -0.25) is 9.80 Å². The van der Waals surface area contributed by atoms with Gasteiger partial charge < -0.3 is 9.26 Å². The monoisotopic (exact) mass is 426 g/mol. The van der Waals surface area contributed by atoms with Gasteiger partial charge in [-0.15, -0.1) is 0 Å². The molecule has 2 heterocycles. The second-order valence-electron chi connectivity index (χ2n) is 7.26. The summed E-state index contributed by atoms with van der Waals surface area (Å²) < 4.78 is 10.2. The Morgan fingerprint density at radius 3 is 2.27 bits per heavy atom. The summed E-state index contributed by atoms with van der Waals surface area (Å²) in [7, 11) is 1.39. The van der Waals surface area contributed by atoms with E-state index in [1.54, 1.807) is 0 Å². The van der Waals surface area contributed by atoms with Crippen LogP contribution in [0.15, 0.2) is 53.1 Å². The van der Waals surface area contributed by atoms with Crippen LogP contribution in [0.1, 0.15) is 21.8 Å². The van der Waals surface area contributed by atoms with Crippen molar-refractivity contribution in [3.63, 3.8) is 0 Å². The van der Waals surface area contributed by atoms with E-state index in [0.717, 1.165) is 38.3 Å². The fourth-order valence-corrected chi connectivity index (χ4v) is 3.58. The highest BCUT2D eigenvalue weighted by molar-refractivity contribution is 6.30. The molecule has 1 saturated heterocycles. The van der Waals surface area contributed by atoms with E-state index in [-0.39, 0.29) is 5.97 Å². The standard InChI is InChI=1S/C22H23ClN4O3/c1-29-22(28)18-4-2-16(3-5-18)14-26-10-12-27(13-11-26)15-20-24-21(25-30-20)17-6-8-19(23)9-7-17/h2-9H,10-15H2,1H3. The molecule has 0 saturated carbocycles. The number of esters is 1. The number of benzene rings is 2. The Morgan fingerprint density at radius 1 is 1.00 bits per heavy atom. The Bertz CT molecular complexity index is 980. The summed E-state index contributed by atoms with van der Waals surface area (Å²) >= 11 is 5.93. The van der Waals surface area contributed by atoms with Crippen LogP contribution >= 0.6 is 11.6 Å². The highest BCUT2D eigenvalue weighted by atomic mass is 35.5. The molecule has 0 spiro atoms. The Labute approximate surface area is 180 Å². The van der Waals surface area contributed by atoms with E-state index in [0.29, 0.717) is 28.8 Å². The van der Waals surface area contributed by atoms with Crippen LogP contribution in [-0.2, 0) is 17.8 Å². The molecular weight excluding hydrogens is 404 g/mol. The number of hydrogen-bond donors (Lipinski definition) is 0. The zero-order valence-corrected chi connectivity index (χ0v) is 17.5. The van der Waals surface area contributed by atoms with Gasteiger partial charge in [-0.25, -0.2) is 4.79 Å². The molecule has 0 aliphatic carbocycles. The number of piperazine rings is 1. The van der Waals surface area contributed by atoms with Crippen LogP contribution in [0, 0.1) is 0 Å². The van der Waals surface area contributed by atoms with Crippen molar-refractivity contribution >= 4 is 17.6 Å². The molecule has 0 unspecified atom stereocenters. The lowest BCUT2D eigenvalue weighted by atomic mass is 10.1. The molecule has 1 aromatic heterocycles. The van der Waals surface area contributed by atoms with Crippen LogP contribution in [0.25, 0.3) is 11.4 Å². The average Bonchev–Trinajstić information content (AvgIpc) is 3.24. The molecule has 0 bridgehead atoms. The van der Waals surface area contributed by atoms with Gasteiger partial charge in [0.15, 0.2) is 0 Å². The summed E-state index contributed by atoms with van der Waals surface area (Å²) in [6, 6.07) is 15.0. The lowest BCUT2D eigenvalue weighted by Gasteiger charge is -2.33. The third-order valence-electron chi connectivity index (χ3n) is 5.18. The van der Waals surface area contributed by atoms with Gasteiger partial charge in [0.25, 0.3) is 0 Å². The minimum atomic E-state index is -0.310. The number of carbonyl (C=O) groups is 1. The second kappa shape index (κ2) is 9.38. The molecule has 7 nitrogen and oxygen atoms in total. The zero-order chi connectivity index (χ0) is 20.9. The van der Waals surface area contributed by atoms with Gasteiger partial charge in [-0.2, -0.15) is 4.98 Å². The number of rotatable bonds is 6. The van der Waals surface area contributed by atoms with Crippen molar-refractivity contribution in [2.45, 2.75) is 13.1 Å². The number of methoxy groups -OCH3 is 1. The van der Waals surface area contributed by atoms with E-state index >= 15 is 0 Å². The van der Waals surface area contributed by atoms with Crippen LogP contribution < -0.4 is 0 Å². The Hall–Kier alpha value is -2.74. The predicted octanol–water partition coefficient (Wildman–Crippen LogP) is 3.49. The van der Waals surface area contributed by atoms with E-state index in [9.17, 15) is 4.79 Å². The molecule has 0 radical (unpaired) electrons. The molecule has 1 fully saturated rings. The largest absolute Gasteiger partial charge is 0.465 e. The van der Waals surface area contributed by atoms with Crippen molar-refractivity contribution in [2.75, 3.05) is 33.3 Å². The SMILES string of the molecule is COC(=O)c1ccc(CN2CCN(Cc3nc(-c4ccc(Cl)cc4)no3)CC2)cc1. The van der Waals surface area contributed by atoms with Gasteiger partial charge in [-0.1, -0.05) is 28.9 Å². The Balaban J connectivity index is 1.27. The molecule has 0 amide bonds. The first kappa shape index (κ1) is 20.5. The minimum absolute atomic E-state index is 0.310. The molecule has 3 aromatic rings. The molecule has 30 heavy (non-hydrogen) atoms. The molecule has 156 valence electrons. The summed E-state index contributed by atoms with van der Waals surface area (Å²) in [5.74, 6) is 0.887. The number of aromatic nitrogens is 2. The zero-order valence-electron chi connectivity index (χ0n) is 16.8. The van der Waals surface area contributed by atoms with E-state index < -0.39 is 0 Å². The molecule has 8 heteroatoms. The van der Waals surface area contributed by atoms with Crippen LogP contribution in [-0.4, -0.2) is 59.2 Å². The van der Waals surface area contributed by atoms with Crippen LogP contribution in [0.2, 0.25) is 5.02 Å². The third kappa shape index (κ3) is 5.05. The number of nitrogens with zero attached hydrogens (tertiary/aromatic N) is 4. The van der Waals surface area contributed by atoms with Crippen LogP contribution in [0.4, 0.5) is 0 Å². The first-order valence-electron chi connectivity index (χ1n) is 9.81. The first-order chi connectivity index (χ1) is 14.6. The molecular formula is C22H23ClN4O3. The molecule has 4 rings (SSSR count). The summed E-state index contributed by atoms with van der Waals surface area (Å²) in [5, 5.41) is 4.76. The maximum atomic E-state index is 11.5. The maximum Gasteiger partial charge on any atom is 0.337 e. The smallest absolute Gasteiger partial charge is 0.337 e. The highest BCUT2D eigenvalue weighted by Gasteiger charge is 2.20. The number of carbonyl (C=O) groups excluding carboxylic acids is 1. The van der Waals surface area contributed by atoms with Crippen LogP contribution in [0.3, 0.4) is 0 Å². The van der Waals surface area contributed by atoms with Crippen molar-refractivity contribution in [1.82, 2.24) is 19.9 Å². The van der Waals surface area contributed by atoms with Gasteiger partial charge in [-0.05, 0) is 42.0 Å². The maximum absolute atomic E-state index is 11.5. The molecule has 2 aromatic carbocycles. The molecule has 0 atom stereocenters. The van der Waals surface area contributed by atoms with Crippen LogP contribution in [0.5, 0.6) is 0 Å². The van der Waals surface area contributed by atoms with Gasteiger partial charge in [0.2, 0.25) is 11.7 Å². The summed E-state index contributed by atoms with van der Waals surface area (Å²) in [6.07, 6.45) is 0. The van der Waals surface area contributed by atoms with Gasteiger partial charge >= 0.3 is 5.97 Å². The normalized spacial score (nSPS) is 15.3. The number of halogens is 1. The molecule has 1 aliphatic rings. The van der Waals surface area contributed by atoms with E-state index in [1.165, 1.54) is 12.7 Å². The quantitative estimate of drug-likeness (QED) is 0.558. The van der Waals surface area contributed by atoms with Crippen molar-refractivity contribution < 1.29 is 14.1 Å². The predicted molar refractivity (Wildman–Crippen MR) is 113 cm³/mol. The Morgan fingerprint density at radius 2 is 1.63 bits per heavy atom. The highest BCUT2D eigenvalue weighted by Crippen LogP contribution is 2.19. The Kier molecular flexibility index (Phi) is 6.42. The van der Waals surface area contributed by atoms with E-state index in [4.69, 9.17) is 20.9 Å². The number of ether oxygens (including phenoxy) is 1. The fourth-order valence-electron chi connectivity index (χ4n) is 3.45. The van der Waals surface area contributed by atoms with Gasteiger partial charge in [0, 0.05) is 43.3 Å².